The van der Waals surface area contributed by atoms with Crippen LogP contribution in [0, 0.1) is 11.3 Å². The highest BCUT2D eigenvalue weighted by Crippen LogP contribution is 2.32. The molecule has 8 nitrogen and oxygen atoms in total. The zero-order chi connectivity index (χ0) is 19.1. The maximum absolute atomic E-state index is 9.72. The van der Waals surface area contributed by atoms with E-state index in [1.165, 1.54) is 0 Å². The lowest BCUT2D eigenvalue weighted by atomic mass is 9.81. The van der Waals surface area contributed by atoms with Crippen LogP contribution < -0.4 is 11.9 Å². The molecule has 6 atom stereocenters. The number of hydrogen-bond acceptors (Lipinski definition) is 8. The molecule has 0 saturated carbocycles. The summed E-state index contributed by atoms with van der Waals surface area (Å²) in [6.07, 6.45) is -2.88. The van der Waals surface area contributed by atoms with Crippen LogP contribution in [-0.2, 0) is 4.74 Å². The molecule has 0 aromatic carbocycles. The Balaban J connectivity index is 0. The van der Waals surface area contributed by atoms with E-state index in [2.05, 4.69) is 0 Å². The molecular formula is C17H40N2O6. The van der Waals surface area contributed by atoms with Crippen molar-refractivity contribution >= 4 is 0 Å². The molecule has 1 rings (SSSR count). The van der Waals surface area contributed by atoms with E-state index < -0.39 is 30.5 Å². The lowest BCUT2D eigenvalue weighted by molar-refractivity contribution is -0.207. The zero-order valence-electron chi connectivity index (χ0n) is 16.3. The molecule has 10 N–H and O–H groups in total. The van der Waals surface area contributed by atoms with Crippen LogP contribution in [0.4, 0.5) is 0 Å². The second-order valence-electron chi connectivity index (χ2n) is 7.89. The Morgan fingerprint density at radius 2 is 1.64 bits per heavy atom. The highest BCUT2D eigenvalue weighted by Gasteiger charge is 2.41. The van der Waals surface area contributed by atoms with Gasteiger partial charge in [0.05, 0.1) is 37.1 Å². The first-order valence-corrected chi connectivity index (χ1v) is 8.64. The minimum absolute atomic E-state index is 0. The van der Waals surface area contributed by atoms with E-state index in [9.17, 15) is 15.3 Å². The summed E-state index contributed by atoms with van der Waals surface area (Å²) in [4.78, 5) is 0. The van der Waals surface area contributed by atoms with Crippen molar-refractivity contribution in [1.29, 1.82) is 0 Å². The summed E-state index contributed by atoms with van der Waals surface area (Å²) in [5.41, 5.74) is 5.01. The highest BCUT2D eigenvalue weighted by molar-refractivity contribution is 4.90. The van der Waals surface area contributed by atoms with Crippen LogP contribution in [0.5, 0.6) is 0 Å². The fourth-order valence-electron chi connectivity index (χ4n) is 2.62. The monoisotopic (exact) mass is 368 g/mol. The van der Waals surface area contributed by atoms with Crippen molar-refractivity contribution in [3.63, 3.8) is 0 Å². The quantitative estimate of drug-likeness (QED) is 0.349. The van der Waals surface area contributed by atoms with Crippen molar-refractivity contribution in [2.45, 2.75) is 84.1 Å². The average Bonchev–Trinajstić information content (AvgIpc) is 2.46. The van der Waals surface area contributed by atoms with Gasteiger partial charge in [0.2, 0.25) is 0 Å². The first-order valence-electron chi connectivity index (χ1n) is 8.64. The molecule has 1 aliphatic rings. The van der Waals surface area contributed by atoms with Crippen LogP contribution in [0.15, 0.2) is 0 Å². The van der Waals surface area contributed by atoms with E-state index in [0.29, 0.717) is 13.0 Å². The van der Waals surface area contributed by atoms with E-state index in [-0.39, 0.29) is 36.6 Å². The average molecular weight is 369 g/mol. The molecule has 1 fully saturated rings. The summed E-state index contributed by atoms with van der Waals surface area (Å²) in [5.74, 6) is 0.0987. The molecule has 0 bridgehead atoms. The van der Waals surface area contributed by atoms with Crippen LogP contribution >= 0.6 is 0 Å². The third-order valence-corrected chi connectivity index (χ3v) is 4.16. The lowest BCUT2D eigenvalue weighted by Crippen LogP contribution is -2.53. The molecule has 0 aliphatic carbocycles. The summed E-state index contributed by atoms with van der Waals surface area (Å²) in [6, 6.07) is 0. The third-order valence-electron chi connectivity index (χ3n) is 4.16. The number of aliphatic hydroxyl groups is 5. The van der Waals surface area contributed by atoms with Gasteiger partial charge >= 0.3 is 0 Å². The fraction of sp³-hybridized carbons (Fsp3) is 1.00. The van der Waals surface area contributed by atoms with Gasteiger partial charge in [-0.2, -0.15) is 0 Å². The van der Waals surface area contributed by atoms with E-state index in [1.807, 2.05) is 34.6 Å². The van der Waals surface area contributed by atoms with Crippen molar-refractivity contribution < 1.29 is 30.3 Å². The minimum Gasteiger partial charge on any atom is -0.394 e. The van der Waals surface area contributed by atoms with E-state index in [4.69, 9.17) is 20.7 Å². The Morgan fingerprint density at radius 1 is 1.12 bits per heavy atom. The number of ether oxygens (including phenoxy) is 1. The van der Waals surface area contributed by atoms with Crippen LogP contribution in [0.25, 0.3) is 0 Å². The zero-order valence-corrected chi connectivity index (χ0v) is 16.3. The molecule has 8 heteroatoms. The smallest absolute Gasteiger partial charge is 0.107 e. The first-order chi connectivity index (χ1) is 10.9. The largest absolute Gasteiger partial charge is 0.394 e. The summed E-state index contributed by atoms with van der Waals surface area (Å²) < 4.78 is 5.47. The van der Waals surface area contributed by atoms with Crippen LogP contribution in [0.3, 0.4) is 0 Å². The Hall–Kier alpha value is -0.320. The van der Waals surface area contributed by atoms with Crippen molar-refractivity contribution in [3.8, 4) is 0 Å². The van der Waals surface area contributed by atoms with Crippen LogP contribution in [0.1, 0.15) is 47.5 Å². The SMILES string of the molecule is CC(C)(C)C1O[C@H](CO)[C@@H](O)C[C@H]1O.CC(C)C(O)[C@H](O)CCN.N. The molecule has 0 radical (unpaired) electrons. The van der Waals surface area contributed by atoms with Crippen molar-refractivity contribution in [2.24, 2.45) is 17.1 Å². The third kappa shape index (κ3) is 9.25. The topological polar surface area (TPSA) is 171 Å². The second kappa shape index (κ2) is 12.1. The van der Waals surface area contributed by atoms with E-state index >= 15 is 0 Å². The molecule has 25 heavy (non-hydrogen) atoms. The van der Waals surface area contributed by atoms with Gasteiger partial charge in [-0.1, -0.05) is 34.6 Å². The molecule has 1 aliphatic heterocycles. The van der Waals surface area contributed by atoms with Crippen LogP contribution in [0.2, 0.25) is 0 Å². The van der Waals surface area contributed by atoms with Gasteiger partial charge in [0, 0.05) is 6.42 Å². The summed E-state index contributed by atoms with van der Waals surface area (Å²) in [6.45, 7) is 9.84. The number of hydrogen-bond donors (Lipinski definition) is 7. The molecule has 1 heterocycles. The summed E-state index contributed by atoms with van der Waals surface area (Å²) in [5, 5.41) is 46.5. The number of rotatable bonds is 5. The van der Waals surface area contributed by atoms with Crippen molar-refractivity contribution in [1.82, 2.24) is 6.15 Å². The van der Waals surface area contributed by atoms with Gasteiger partial charge in [-0.3, -0.25) is 0 Å². The maximum Gasteiger partial charge on any atom is 0.107 e. The summed E-state index contributed by atoms with van der Waals surface area (Å²) in [7, 11) is 0. The predicted molar refractivity (Wildman–Crippen MR) is 97.4 cm³/mol. The molecule has 0 aromatic heterocycles. The van der Waals surface area contributed by atoms with Gasteiger partial charge < -0.3 is 42.2 Å². The van der Waals surface area contributed by atoms with Crippen molar-refractivity contribution in [3.05, 3.63) is 0 Å². The molecule has 2 unspecified atom stereocenters. The van der Waals surface area contributed by atoms with Crippen LogP contribution in [-0.4, -0.2) is 75.3 Å². The number of aliphatic hydroxyl groups excluding tert-OH is 5. The second-order valence-corrected chi connectivity index (χ2v) is 7.89. The fourth-order valence-corrected chi connectivity index (χ4v) is 2.62. The minimum atomic E-state index is -0.770. The molecule has 0 amide bonds. The Morgan fingerprint density at radius 3 is 2.00 bits per heavy atom. The Labute approximate surface area is 151 Å². The normalized spacial score (nSPS) is 29.3. The standard InChI is InChI=1S/C10H20O4.C7H17NO2.H3N/c1-10(2,3)9-7(13)4-6(12)8(5-11)14-9;1-5(2)7(10)6(9)3-4-8;/h6-9,11-13H,4-5H2,1-3H3;5-7,9-10H,3-4,8H2,1-2H3;1H3/t6-,7+,8+,9?;6-,7?;/m01./s1. The maximum atomic E-state index is 9.72. The Kier molecular flexibility index (Phi) is 13.1. The summed E-state index contributed by atoms with van der Waals surface area (Å²) >= 11 is 0. The highest BCUT2D eigenvalue weighted by atomic mass is 16.5. The van der Waals surface area contributed by atoms with E-state index in [1.54, 1.807) is 0 Å². The number of nitrogens with two attached hydrogens (primary N) is 1. The molecule has 1 saturated heterocycles. The molecular weight excluding hydrogens is 328 g/mol. The predicted octanol–water partition coefficient (Wildman–Crippen LogP) is -0.221. The molecule has 154 valence electrons. The Bertz CT molecular complexity index is 338. The first kappa shape index (κ1) is 26.9. The van der Waals surface area contributed by atoms with Gasteiger partial charge in [0.25, 0.3) is 0 Å². The van der Waals surface area contributed by atoms with Gasteiger partial charge in [0.15, 0.2) is 0 Å². The van der Waals surface area contributed by atoms with Crippen molar-refractivity contribution in [2.75, 3.05) is 13.2 Å². The molecule has 0 aromatic rings. The molecule has 0 spiro atoms. The van der Waals surface area contributed by atoms with Gasteiger partial charge in [-0.25, -0.2) is 0 Å². The van der Waals surface area contributed by atoms with Gasteiger partial charge in [-0.05, 0) is 24.3 Å². The van der Waals surface area contributed by atoms with Gasteiger partial charge in [-0.15, -0.1) is 0 Å². The van der Waals surface area contributed by atoms with Gasteiger partial charge in [0.1, 0.15) is 6.10 Å². The lowest BCUT2D eigenvalue weighted by Gasteiger charge is -2.42. The van der Waals surface area contributed by atoms with E-state index in [0.717, 1.165) is 0 Å².